The summed E-state index contributed by atoms with van der Waals surface area (Å²) < 4.78 is 97.9. The predicted molar refractivity (Wildman–Crippen MR) is 126 cm³/mol. The summed E-state index contributed by atoms with van der Waals surface area (Å²) in [6.45, 7) is 1.21. The van der Waals surface area contributed by atoms with Crippen LogP contribution in [-0.4, -0.2) is 32.7 Å². The first-order chi connectivity index (χ1) is 17.2. The Hall–Kier alpha value is -3.74. The second kappa shape index (κ2) is 10.7. The van der Waals surface area contributed by atoms with Crippen molar-refractivity contribution in [2.75, 3.05) is 18.1 Å². The van der Waals surface area contributed by atoms with E-state index in [2.05, 4.69) is 10.3 Å². The third-order valence-corrected chi connectivity index (χ3v) is 5.92. The average molecular weight is 544 g/mol. The lowest BCUT2D eigenvalue weighted by atomic mass is 9.99. The fraction of sp³-hybridized carbons (Fsp3) is 0.250. The molecule has 1 aromatic heterocycles. The Morgan fingerprint density at radius 1 is 1.05 bits per heavy atom. The van der Waals surface area contributed by atoms with Crippen LogP contribution in [0.5, 0.6) is 5.75 Å². The summed E-state index contributed by atoms with van der Waals surface area (Å²) in [5.41, 5.74) is -1.22. The van der Waals surface area contributed by atoms with Crippen LogP contribution < -0.4 is 14.8 Å². The van der Waals surface area contributed by atoms with Gasteiger partial charge in [-0.1, -0.05) is 12.1 Å². The quantitative estimate of drug-likeness (QED) is 0.396. The van der Waals surface area contributed by atoms with Crippen LogP contribution in [0.2, 0.25) is 0 Å². The van der Waals surface area contributed by atoms with Crippen LogP contribution in [0.25, 0.3) is 11.3 Å². The third-order valence-electron chi connectivity index (χ3n) is 5.33. The molecule has 0 spiro atoms. The van der Waals surface area contributed by atoms with Crippen LogP contribution >= 0.6 is 0 Å². The Bertz CT molecular complexity index is 1430. The van der Waals surface area contributed by atoms with E-state index in [0.717, 1.165) is 30.5 Å². The van der Waals surface area contributed by atoms with Crippen molar-refractivity contribution in [1.29, 1.82) is 0 Å². The smallest absolute Gasteiger partial charge is 0.433 e. The van der Waals surface area contributed by atoms with Gasteiger partial charge in [-0.25, -0.2) is 22.2 Å². The first-order valence-corrected chi connectivity index (χ1v) is 12.5. The third kappa shape index (κ3) is 6.94. The lowest BCUT2D eigenvalue weighted by molar-refractivity contribution is -0.141. The molecule has 1 atom stereocenters. The first-order valence-electron chi connectivity index (χ1n) is 10.7. The second-order valence-electron chi connectivity index (χ2n) is 8.10. The van der Waals surface area contributed by atoms with Crippen molar-refractivity contribution in [3.63, 3.8) is 0 Å². The molecule has 198 valence electrons. The number of nitrogens with zero attached hydrogens (tertiary/aromatic N) is 1. The van der Waals surface area contributed by atoms with Gasteiger partial charge >= 0.3 is 6.18 Å². The SMILES string of the molecule is COc1ccc(-c2nc(C(F)(F)F)ccc2CNC(=O)C(C)c2ccc(NS(C)(=O)=O)c(F)c2)cc1F. The van der Waals surface area contributed by atoms with Gasteiger partial charge in [0, 0.05) is 12.1 Å². The van der Waals surface area contributed by atoms with Gasteiger partial charge < -0.3 is 10.1 Å². The molecule has 1 amide bonds. The minimum atomic E-state index is -4.75. The molecule has 0 fully saturated rings. The van der Waals surface area contributed by atoms with Crippen molar-refractivity contribution in [3.05, 3.63) is 77.0 Å². The van der Waals surface area contributed by atoms with E-state index in [1.807, 2.05) is 4.72 Å². The molecule has 0 aliphatic carbocycles. The molecule has 13 heteroatoms. The zero-order valence-electron chi connectivity index (χ0n) is 19.8. The summed E-state index contributed by atoms with van der Waals surface area (Å²) >= 11 is 0. The number of methoxy groups -OCH3 is 1. The maximum absolute atomic E-state index is 14.3. The van der Waals surface area contributed by atoms with E-state index in [4.69, 9.17) is 4.74 Å². The van der Waals surface area contributed by atoms with Gasteiger partial charge in [-0.3, -0.25) is 9.52 Å². The highest BCUT2D eigenvalue weighted by Crippen LogP contribution is 2.33. The molecule has 3 rings (SSSR count). The maximum atomic E-state index is 14.3. The number of pyridine rings is 1. The summed E-state index contributed by atoms with van der Waals surface area (Å²) in [5, 5.41) is 2.56. The lowest BCUT2D eigenvalue weighted by Gasteiger charge is -2.17. The zero-order chi connectivity index (χ0) is 27.5. The monoisotopic (exact) mass is 543 g/mol. The summed E-state index contributed by atoms with van der Waals surface area (Å²) in [6.07, 6.45) is -3.89. The number of hydrogen-bond acceptors (Lipinski definition) is 5. The van der Waals surface area contributed by atoms with Crippen LogP contribution in [0.1, 0.15) is 29.7 Å². The molecule has 0 bridgehead atoms. The summed E-state index contributed by atoms with van der Waals surface area (Å²) in [6, 6.07) is 8.98. The van der Waals surface area contributed by atoms with E-state index in [1.165, 1.54) is 38.3 Å². The minimum Gasteiger partial charge on any atom is -0.494 e. The van der Waals surface area contributed by atoms with Crippen molar-refractivity contribution in [2.45, 2.75) is 25.6 Å². The molecule has 2 N–H and O–H groups in total. The molecule has 7 nitrogen and oxygen atoms in total. The molecule has 0 radical (unpaired) electrons. The summed E-state index contributed by atoms with van der Waals surface area (Å²) in [5.74, 6) is -3.29. The lowest BCUT2D eigenvalue weighted by Crippen LogP contribution is -2.28. The van der Waals surface area contributed by atoms with Crippen LogP contribution in [-0.2, 0) is 27.5 Å². The number of ether oxygens (including phenoxy) is 1. The Labute approximate surface area is 209 Å². The number of sulfonamides is 1. The largest absolute Gasteiger partial charge is 0.494 e. The molecule has 0 aliphatic heterocycles. The minimum absolute atomic E-state index is 0.0396. The van der Waals surface area contributed by atoms with Crippen molar-refractivity contribution in [3.8, 4) is 17.0 Å². The standard InChI is InChI=1S/C24H22F5N3O4S/c1-13(14-4-7-19(17(25)10-14)32-37(3,34)35)23(33)30-12-16-6-9-21(24(27,28)29)31-22(16)15-5-8-20(36-2)18(26)11-15/h4-11,13,32H,12H2,1-3H3,(H,30,33). The van der Waals surface area contributed by atoms with E-state index in [-0.39, 0.29) is 40.4 Å². The van der Waals surface area contributed by atoms with E-state index in [1.54, 1.807) is 0 Å². The number of anilines is 1. The van der Waals surface area contributed by atoms with E-state index < -0.39 is 45.4 Å². The van der Waals surface area contributed by atoms with Crippen LogP contribution in [0, 0.1) is 11.6 Å². The van der Waals surface area contributed by atoms with Gasteiger partial charge in [0.05, 0.1) is 30.7 Å². The number of rotatable bonds is 8. The molecule has 1 heterocycles. The zero-order valence-corrected chi connectivity index (χ0v) is 20.6. The van der Waals surface area contributed by atoms with E-state index in [9.17, 15) is 35.2 Å². The number of nitrogens with one attached hydrogen (secondary N) is 2. The molecular weight excluding hydrogens is 521 g/mol. The van der Waals surface area contributed by atoms with Crippen LogP contribution in [0.4, 0.5) is 27.6 Å². The highest BCUT2D eigenvalue weighted by atomic mass is 32.2. The Morgan fingerprint density at radius 2 is 1.76 bits per heavy atom. The van der Waals surface area contributed by atoms with Crippen LogP contribution in [0.3, 0.4) is 0 Å². The maximum Gasteiger partial charge on any atom is 0.433 e. The molecular formula is C24H22F5N3O4S. The number of hydrogen-bond donors (Lipinski definition) is 2. The molecule has 0 saturated carbocycles. The number of aromatic nitrogens is 1. The van der Waals surface area contributed by atoms with Crippen molar-refractivity contribution in [1.82, 2.24) is 10.3 Å². The summed E-state index contributed by atoms with van der Waals surface area (Å²) in [7, 11) is -2.47. The van der Waals surface area contributed by atoms with Crippen molar-refractivity contribution in [2.24, 2.45) is 0 Å². The normalized spacial score (nSPS) is 12.6. The van der Waals surface area contributed by atoms with E-state index >= 15 is 0 Å². The molecule has 2 aromatic carbocycles. The van der Waals surface area contributed by atoms with Gasteiger partial charge in [0.15, 0.2) is 11.6 Å². The Morgan fingerprint density at radius 3 is 2.32 bits per heavy atom. The fourth-order valence-electron chi connectivity index (χ4n) is 3.42. The number of benzene rings is 2. The highest BCUT2D eigenvalue weighted by molar-refractivity contribution is 7.92. The summed E-state index contributed by atoms with van der Waals surface area (Å²) in [4.78, 5) is 16.4. The Balaban J connectivity index is 1.85. The predicted octanol–water partition coefficient (Wildman–Crippen LogP) is 4.85. The molecule has 37 heavy (non-hydrogen) atoms. The first kappa shape index (κ1) is 27.8. The van der Waals surface area contributed by atoms with Gasteiger partial charge in [0.2, 0.25) is 15.9 Å². The van der Waals surface area contributed by atoms with Crippen LogP contribution in [0.15, 0.2) is 48.5 Å². The average Bonchev–Trinajstić information content (AvgIpc) is 2.81. The van der Waals surface area contributed by atoms with E-state index in [0.29, 0.717) is 0 Å². The number of carbonyl (C=O) groups is 1. The molecule has 3 aromatic rings. The topological polar surface area (TPSA) is 97.4 Å². The number of alkyl halides is 3. The van der Waals surface area contributed by atoms with Gasteiger partial charge in [-0.05, 0) is 54.4 Å². The molecule has 0 saturated heterocycles. The van der Waals surface area contributed by atoms with Gasteiger partial charge in [-0.2, -0.15) is 13.2 Å². The highest BCUT2D eigenvalue weighted by Gasteiger charge is 2.33. The number of halogens is 5. The molecule has 0 aliphatic rings. The molecule has 1 unspecified atom stereocenters. The Kier molecular flexibility index (Phi) is 8.06. The number of amides is 1. The number of carbonyl (C=O) groups excluding carboxylic acids is 1. The van der Waals surface area contributed by atoms with Gasteiger partial charge in [0.1, 0.15) is 11.5 Å². The van der Waals surface area contributed by atoms with Gasteiger partial charge in [-0.15, -0.1) is 0 Å². The second-order valence-corrected chi connectivity index (χ2v) is 9.85. The fourth-order valence-corrected chi connectivity index (χ4v) is 3.99. The van der Waals surface area contributed by atoms with Crippen molar-refractivity contribution >= 4 is 21.6 Å². The van der Waals surface area contributed by atoms with Crippen molar-refractivity contribution < 1.29 is 39.9 Å². The van der Waals surface area contributed by atoms with Gasteiger partial charge in [0.25, 0.3) is 0 Å².